The van der Waals surface area contributed by atoms with Crippen molar-refractivity contribution in [3.8, 4) is 5.75 Å². The quantitative estimate of drug-likeness (QED) is 0.292. The summed E-state index contributed by atoms with van der Waals surface area (Å²) in [6.45, 7) is 3.05. The highest BCUT2D eigenvalue weighted by Gasteiger charge is 2.14. The number of nitrogens with one attached hydrogen (secondary N) is 1. The summed E-state index contributed by atoms with van der Waals surface area (Å²) in [5.41, 5.74) is 3.68. The molecular formula is C29H31N3O4. The molecular weight excluding hydrogens is 454 g/mol. The lowest BCUT2D eigenvalue weighted by molar-refractivity contribution is -0.140. The number of aromatic nitrogens is 2. The summed E-state index contributed by atoms with van der Waals surface area (Å²) < 4.78 is 12.9. The first-order valence-corrected chi connectivity index (χ1v) is 12.2. The second-order valence-corrected chi connectivity index (χ2v) is 8.63. The molecule has 0 aliphatic carbocycles. The maximum absolute atomic E-state index is 12.3. The van der Waals surface area contributed by atoms with Gasteiger partial charge >= 0.3 is 5.97 Å². The molecule has 1 atom stereocenters. The molecule has 36 heavy (non-hydrogen) atoms. The van der Waals surface area contributed by atoms with Crippen LogP contribution in [-0.2, 0) is 16.1 Å². The van der Waals surface area contributed by atoms with E-state index in [4.69, 9.17) is 4.74 Å². The number of rotatable bonds is 11. The normalized spacial score (nSPS) is 11.7. The molecule has 3 aromatic carbocycles. The van der Waals surface area contributed by atoms with Crippen molar-refractivity contribution in [3.05, 3.63) is 95.7 Å². The number of ether oxygens (including phenoxy) is 2. The van der Waals surface area contributed by atoms with Crippen LogP contribution in [0.3, 0.4) is 0 Å². The zero-order valence-electron chi connectivity index (χ0n) is 20.6. The number of fused-ring (bicyclic) bond motifs is 1. The molecule has 4 aromatic rings. The lowest BCUT2D eigenvalue weighted by atomic mass is 10.0. The number of methoxy groups -OCH3 is 1. The predicted molar refractivity (Wildman–Crippen MR) is 139 cm³/mol. The van der Waals surface area contributed by atoms with Crippen molar-refractivity contribution in [1.82, 2.24) is 15.1 Å². The number of hydrogen-bond acceptors (Lipinski definition) is 5. The Hall–Kier alpha value is -4.13. The van der Waals surface area contributed by atoms with Crippen molar-refractivity contribution in [2.45, 2.75) is 38.8 Å². The van der Waals surface area contributed by atoms with Crippen LogP contribution in [0.1, 0.15) is 53.8 Å². The zero-order valence-corrected chi connectivity index (χ0v) is 20.6. The van der Waals surface area contributed by atoms with Gasteiger partial charge in [-0.1, -0.05) is 55.8 Å². The minimum absolute atomic E-state index is 0.117. The van der Waals surface area contributed by atoms with Gasteiger partial charge in [-0.25, -0.2) is 0 Å². The highest BCUT2D eigenvalue weighted by atomic mass is 16.5. The van der Waals surface area contributed by atoms with E-state index in [-0.39, 0.29) is 30.9 Å². The number of amides is 1. The molecule has 0 saturated carbocycles. The molecule has 4 rings (SSSR count). The highest BCUT2D eigenvalue weighted by molar-refractivity contribution is 5.94. The van der Waals surface area contributed by atoms with E-state index >= 15 is 0 Å². The van der Waals surface area contributed by atoms with Gasteiger partial charge in [0.05, 0.1) is 25.6 Å². The summed E-state index contributed by atoms with van der Waals surface area (Å²) in [5, 5.41) is 8.49. The average molecular weight is 486 g/mol. The molecule has 7 heteroatoms. The number of esters is 1. The SMILES string of the molecule is CCCC(Oc1ccc(Cn2cc3ccccc3n2)cc1)c1ccc(C(=O)NCCC(=O)OC)cc1. The largest absolute Gasteiger partial charge is 0.486 e. The number of carbonyl (C=O) groups excluding carboxylic acids is 2. The van der Waals surface area contributed by atoms with Crippen LogP contribution in [0.2, 0.25) is 0 Å². The van der Waals surface area contributed by atoms with Crippen molar-refractivity contribution in [3.63, 3.8) is 0 Å². The van der Waals surface area contributed by atoms with Crippen LogP contribution >= 0.6 is 0 Å². The molecule has 1 N–H and O–H groups in total. The van der Waals surface area contributed by atoms with Gasteiger partial charge in [-0.15, -0.1) is 0 Å². The van der Waals surface area contributed by atoms with E-state index in [9.17, 15) is 9.59 Å². The molecule has 186 valence electrons. The molecule has 0 bridgehead atoms. The third-order valence-corrected chi connectivity index (χ3v) is 5.95. The molecule has 7 nitrogen and oxygen atoms in total. The van der Waals surface area contributed by atoms with Gasteiger partial charge in [-0.05, 0) is 47.9 Å². The molecule has 0 radical (unpaired) electrons. The fraction of sp³-hybridized carbons (Fsp3) is 0.276. The van der Waals surface area contributed by atoms with Crippen LogP contribution in [-0.4, -0.2) is 35.3 Å². The molecule has 1 amide bonds. The number of benzene rings is 3. The van der Waals surface area contributed by atoms with E-state index < -0.39 is 0 Å². The number of nitrogens with zero attached hydrogens (tertiary/aromatic N) is 2. The standard InChI is InChI=1S/C29H31N3O4/c1-3-6-27(22-11-13-23(14-12-22)29(34)30-18-17-28(33)35-2)36-25-15-9-21(10-16-25)19-32-20-24-7-4-5-8-26(24)31-32/h4-5,7-16,20,27H,3,6,17-19H2,1-2H3,(H,30,34). The maximum atomic E-state index is 12.3. The van der Waals surface area contributed by atoms with E-state index in [2.05, 4.69) is 46.5 Å². The fourth-order valence-corrected chi connectivity index (χ4v) is 4.01. The van der Waals surface area contributed by atoms with Crippen LogP contribution in [0.4, 0.5) is 0 Å². The van der Waals surface area contributed by atoms with Crippen LogP contribution < -0.4 is 10.1 Å². The number of carbonyl (C=O) groups is 2. The first-order valence-electron chi connectivity index (χ1n) is 12.2. The van der Waals surface area contributed by atoms with Gasteiger partial charge in [-0.3, -0.25) is 14.3 Å². The van der Waals surface area contributed by atoms with Gasteiger partial charge in [0.2, 0.25) is 0 Å². The summed E-state index contributed by atoms with van der Waals surface area (Å²) in [5.74, 6) is 0.222. The Morgan fingerprint density at radius 2 is 1.75 bits per heavy atom. The third-order valence-electron chi connectivity index (χ3n) is 5.95. The molecule has 0 aliphatic rings. The molecule has 1 heterocycles. The van der Waals surface area contributed by atoms with Crippen molar-refractivity contribution < 1.29 is 19.1 Å². The van der Waals surface area contributed by atoms with E-state index in [0.717, 1.165) is 40.6 Å². The molecule has 0 aliphatic heterocycles. The van der Waals surface area contributed by atoms with Crippen molar-refractivity contribution in [2.75, 3.05) is 13.7 Å². The Bertz CT molecular complexity index is 1260. The first-order chi connectivity index (χ1) is 17.6. The van der Waals surface area contributed by atoms with Gasteiger partial charge in [0, 0.05) is 23.7 Å². The van der Waals surface area contributed by atoms with Gasteiger partial charge in [0.15, 0.2) is 0 Å². The molecule has 0 saturated heterocycles. The van der Waals surface area contributed by atoms with Crippen LogP contribution in [0, 0.1) is 0 Å². The Morgan fingerprint density at radius 1 is 1.00 bits per heavy atom. The molecule has 0 spiro atoms. The monoisotopic (exact) mass is 485 g/mol. The van der Waals surface area contributed by atoms with Gasteiger partial charge < -0.3 is 14.8 Å². The minimum atomic E-state index is -0.354. The van der Waals surface area contributed by atoms with Crippen molar-refractivity contribution in [2.24, 2.45) is 0 Å². The molecule has 1 aromatic heterocycles. The zero-order chi connectivity index (χ0) is 25.3. The van der Waals surface area contributed by atoms with E-state index in [1.807, 2.05) is 47.1 Å². The second-order valence-electron chi connectivity index (χ2n) is 8.63. The third kappa shape index (κ3) is 6.50. The summed E-state index contributed by atoms with van der Waals surface area (Å²) >= 11 is 0. The Morgan fingerprint density at radius 3 is 2.44 bits per heavy atom. The van der Waals surface area contributed by atoms with Crippen LogP contribution in [0.15, 0.2) is 79.0 Å². The maximum Gasteiger partial charge on any atom is 0.307 e. The van der Waals surface area contributed by atoms with Crippen molar-refractivity contribution >= 4 is 22.8 Å². The summed E-state index contributed by atoms with van der Waals surface area (Å²) in [6.07, 6.45) is 3.90. The first kappa shape index (κ1) is 25.0. The fourth-order valence-electron chi connectivity index (χ4n) is 4.01. The Balaban J connectivity index is 1.36. The van der Waals surface area contributed by atoms with Crippen LogP contribution in [0.5, 0.6) is 5.75 Å². The van der Waals surface area contributed by atoms with Crippen LogP contribution in [0.25, 0.3) is 10.9 Å². The van der Waals surface area contributed by atoms with E-state index in [1.165, 1.54) is 7.11 Å². The predicted octanol–water partition coefficient (Wildman–Crippen LogP) is 5.30. The second kappa shape index (κ2) is 12.0. The van der Waals surface area contributed by atoms with Gasteiger partial charge in [-0.2, -0.15) is 5.10 Å². The number of hydrogen-bond donors (Lipinski definition) is 1. The summed E-state index contributed by atoms with van der Waals surface area (Å²) in [4.78, 5) is 23.5. The molecule has 0 fully saturated rings. The van der Waals surface area contributed by atoms with E-state index in [1.54, 1.807) is 12.1 Å². The summed E-state index contributed by atoms with van der Waals surface area (Å²) in [7, 11) is 1.33. The average Bonchev–Trinajstić information content (AvgIpc) is 3.31. The lowest BCUT2D eigenvalue weighted by Gasteiger charge is -2.20. The Kier molecular flexibility index (Phi) is 8.34. The molecule has 1 unspecified atom stereocenters. The minimum Gasteiger partial charge on any atom is -0.486 e. The van der Waals surface area contributed by atoms with Gasteiger partial charge in [0.25, 0.3) is 5.91 Å². The smallest absolute Gasteiger partial charge is 0.307 e. The summed E-state index contributed by atoms with van der Waals surface area (Å²) in [6, 6.07) is 23.6. The topological polar surface area (TPSA) is 82.5 Å². The Labute approximate surface area is 211 Å². The van der Waals surface area contributed by atoms with Gasteiger partial charge in [0.1, 0.15) is 11.9 Å². The van der Waals surface area contributed by atoms with E-state index in [0.29, 0.717) is 12.1 Å². The van der Waals surface area contributed by atoms with Crippen molar-refractivity contribution in [1.29, 1.82) is 0 Å². The highest BCUT2D eigenvalue weighted by Crippen LogP contribution is 2.27. The lowest BCUT2D eigenvalue weighted by Crippen LogP contribution is -2.26.